The Morgan fingerprint density at radius 3 is 2.44 bits per heavy atom. The number of halogens is 1. The molecule has 4 heteroatoms. The molecule has 1 rings (SSSR count). The standard InChI is InChI=1S/C14H21BrN2O/c1-4-14(3,9-16)13(18)17-10(2)11-5-7-12(15)8-6-11/h5-8,10H,4,9,16H2,1-3H3,(H,17,18)/t10-,14?/m1/s1. The SMILES string of the molecule is CCC(C)(CN)C(=O)N[C@H](C)c1ccc(Br)cc1. The zero-order valence-corrected chi connectivity index (χ0v) is 12.8. The van der Waals surface area contributed by atoms with E-state index in [1.54, 1.807) is 0 Å². The number of amides is 1. The number of benzene rings is 1. The van der Waals surface area contributed by atoms with Crippen molar-refractivity contribution in [3.63, 3.8) is 0 Å². The van der Waals surface area contributed by atoms with Gasteiger partial charge in [-0.15, -0.1) is 0 Å². The average Bonchev–Trinajstić information content (AvgIpc) is 2.38. The third kappa shape index (κ3) is 3.56. The lowest BCUT2D eigenvalue weighted by Gasteiger charge is -2.27. The van der Waals surface area contributed by atoms with Gasteiger partial charge in [0.1, 0.15) is 0 Å². The first-order valence-corrected chi connectivity index (χ1v) is 6.98. The van der Waals surface area contributed by atoms with E-state index in [-0.39, 0.29) is 11.9 Å². The number of nitrogens with two attached hydrogens (primary N) is 1. The summed E-state index contributed by atoms with van der Waals surface area (Å²) >= 11 is 3.40. The topological polar surface area (TPSA) is 55.1 Å². The first-order valence-electron chi connectivity index (χ1n) is 6.19. The molecule has 18 heavy (non-hydrogen) atoms. The van der Waals surface area contributed by atoms with Crippen LogP contribution in [0, 0.1) is 5.41 Å². The summed E-state index contributed by atoms with van der Waals surface area (Å²) < 4.78 is 1.03. The van der Waals surface area contributed by atoms with Crippen molar-refractivity contribution < 1.29 is 4.79 Å². The Kier molecular flexibility index (Phi) is 5.35. The van der Waals surface area contributed by atoms with Crippen molar-refractivity contribution >= 4 is 21.8 Å². The van der Waals surface area contributed by atoms with Crippen molar-refractivity contribution in [1.82, 2.24) is 5.32 Å². The Morgan fingerprint density at radius 1 is 1.44 bits per heavy atom. The molecule has 3 nitrogen and oxygen atoms in total. The van der Waals surface area contributed by atoms with Crippen LogP contribution in [0.25, 0.3) is 0 Å². The van der Waals surface area contributed by atoms with Gasteiger partial charge in [-0.05, 0) is 38.0 Å². The molecule has 0 aromatic heterocycles. The second-order valence-corrected chi connectivity index (χ2v) is 5.78. The van der Waals surface area contributed by atoms with Crippen LogP contribution in [0.5, 0.6) is 0 Å². The maximum atomic E-state index is 12.2. The molecule has 0 bridgehead atoms. The smallest absolute Gasteiger partial charge is 0.227 e. The molecule has 1 amide bonds. The van der Waals surface area contributed by atoms with Gasteiger partial charge in [0.15, 0.2) is 0 Å². The Bertz CT molecular complexity index is 399. The van der Waals surface area contributed by atoms with E-state index in [0.29, 0.717) is 6.54 Å². The van der Waals surface area contributed by atoms with Crippen LogP contribution in [-0.4, -0.2) is 12.5 Å². The molecular formula is C14H21BrN2O. The quantitative estimate of drug-likeness (QED) is 0.878. The van der Waals surface area contributed by atoms with Crippen molar-refractivity contribution in [3.8, 4) is 0 Å². The predicted molar refractivity (Wildman–Crippen MR) is 78.2 cm³/mol. The van der Waals surface area contributed by atoms with Crippen LogP contribution in [0.4, 0.5) is 0 Å². The van der Waals surface area contributed by atoms with E-state index >= 15 is 0 Å². The molecule has 3 N–H and O–H groups in total. The summed E-state index contributed by atoms with van der Waals surface area (Å²) in [5.74, 6) is 0.0166. The van der Waals surface area contributed by atoms with Gasteiger partial charge in [-0.3, -0.25) is 4.79 Å². The third-order valence-electron chi connectivity index (χ3n) is 3.50. The van der Waals surface area contributed by atoms with Crippen molar-refractivity contribution in [2.24, 2.45) is 11.1 Å². The molecule has 1 aromatic rings. The number of nitrogens with one attached hydrogen (secondary N) is 1. The highest BCUT2D eigenvalue weighted by Gasteiger charge is 2.30. The molecule has 0 spiro atoms. The molecular weight excluding hydrogens is 292 g/mol. The zero-order chi connectivity index (χ0) is 13.8. The number of hydrogen-bond donors (Lipinski definition) is 2. The van der Waals surface area contributed by atoms with Crippen LogP contribution in [-0.2, 0) is 4.79 Å². The molecule has 0 saturated heterocycles. The van der Waals surface area contributed by atoms with Crippen molar-refractivity contribution in [2.45, 2.75) is 33.2 Å². The van der Waals surface area contributed by atoms with Crippen LogP contribution in [0.15, 0.2) is 28.7 Å². The summed E-state index contributed by atoms with van der Waals surface area (Å²) in [5.41, 5.74) is 6.29. The Hall–Kier alpha value is -0.870. The third-order valence-corrected chi connectivity index (χ3v) is 4.03. The fraction of sp³-hybridized carbons (Fsp3) is 0.500. The minimum absolute atomic E-state index is 0.0111. The molecule has 0 saturated carbocycles. The molecule has 1 unspecified atom stereocenters. The van der Waals surface area contributed by atoms with Gasteiger partial charge in [-0.2, -0.15) is 0 Å². The number of carbonyl (C=O) groups excluding carboxylic acids is 1. The van der Waals surface area contributed by atoms with Gasteiger partial charge in [0.05, 0.1) is 11.5 Å². The maximum absolute atomic E-state index is 12.2. The van der Waals surface area contributed by atoms with Gasteiger partial charge in [0.25, 0.3) is 0 Å². The first-order chi connectivity index (χ1) is 8.42. The highest BCUT2D eigenvalue weighted by atomic mass is 79.9. The van der Waals surface area contributed by atoms with E-state index in [1.807, 2.05) is 45.0 Å². The van der Waals surface area contributed by atoms with Crippen LogP contribution in [0.3, 0.4) is 0 Å². The molecule has 0 aliphatic carbocycles. The predicted octanol–water partition coefficient (Wildman–Crippen LogP) is 3.00. The maximum Gasteiger partial charge on any atom is 0.227 e. The average molecular weight is 313 g/mol. The molecule has 0 radical (unpaired) electrons. The van der Waals surface area contributed by atoms with Gasteiger partial charge in [-0.25, -0.2) is 0 Å². The fourth-order valence-electron chi connectivity index (χ4n) is 1.60. The largest absolute Gasteiger partial charge is 0.349 e. The highest BCUT2D eigenvalue weighted by molar-refractivity contribution is 9.10. The monoisotopic (exact) mass is 312 g/mol. The Morgan fingerprint density at radius 2 is 2.00 bits per heavy atom. The summed E-state index contributed by atoms with van der Waals surface area (Å²) in [6.45, 7) is 6.23. The minimum Gasteiger partial charge on any atom is -0.349 e. The van der Waals surface area contributed by atoms with E-state index in [2.05, 4.69) is 21.2 Å². The summed E-state index contributed by atoms with van der Waals surface area (Å²) in [6.07, 6.45) is 0.738. The molecule has 100 valence electrons. The lowest BCUT2D eigenvalue weighted by atomic mass is 9.86. The normalized spacial score (nSPS) is 15.8. The molecule has 2 atom stereocenters. The van der Waals surface area contributed by atoms with Crippen LogP contribution in [0.2, 0.25) is 0 Å². The van der Waals surface area contributed by atoms with Crippen molar-refractivity contribution in [3.05, 3.63) is 34.3 Å². The molecule has 0 heterocycles. The Balaban J connectivity index is 2.73. The van der Waals surface area contributed by atoms with Gasteiger partial charge in [0, 0.05) is 11.0 Å². The van der Waals surface area contributed by atoms with Gasteiger partial charge < -0.3 is 11.1 Å². The highest BCUT2D eigenvalue weighted by Crippen LogP contribution is 2.22. The van der Waals surface area contributed by atoms with E-state index in [0.717, 1.165) is 16.5 Å². The minimum atomic E-state index is -0.483. The lowest BCUT2D eigenvalue weighted by molar-refractivity contribution is -0.130. The molecule has 0 aliphatic rings. The number of hydrogen-bond acceptors (Lipinski definition) is 2. The number of rotatable bonds is 5. The van der Waals surface area contributed by atoms with Gasteiger partial charge >= 0.3 is 0 Å². The van der Waals surface area contributed by atoms with E-state index in [4.69, 9.17) is 5.73 Å². The first kappa shape index (κ1) is 15.2. The second kappa shape index (κ2) is 6.34. The van der Waals surface area contributed by atoms with E-state index < -0.39 is 5.41 Å². The van der Waals surface area contributed by atoms with E-state index in [9.17, 15) is 4.79 Å². The lowest BCUT2D eigenvalue weighted by Crippen LogP contribution is -2.44. The summed E-state index contributed by atoms with van der Waals surface area (Å²) in [4.78, 5) is 12.2. The van der Waals surface area contributed by atoms with Crippen molar-refractivity contribution in [2.75, 3.05) is 6.54 Å². The van der Waals surface area contributed by atoms with Crippen molar-refractivity contribution in [1.29, 1.82) is 0 Å². The van der Waals surface area contributed by atoms with E-state index in [1.165, 1.54) is 0 Å². The second-order valence-electron chi connectivity index (χ2n) is 4.87. The van der Waals surface area contributed by atoms with Crippen LogP contribution in [0.1, 0.15) is 38.8 Å². The number of carbonyl (C=O) groups is 1. The summed E-state index contributed by atoms with van der Waals surface area (Å²) in [7, 11) is 0. The summed E-state index contributed by atoms with van der Waals surface area (Å²) in [5, 5.41) is 3.02. The summed E-state index contributed by atoms with van der Waals surface area (Å²) in [6, 6.07) is 7.93. The van der Waals surface area contributed by atoms with Crippen LogP contribution < -0.4 is 11.1 Å². The molecule has 1 aromatic carbocycles. The van der Waals surface area contributed by atoms with Gasteiger partial charge in [0.2, 0.25) is 5.91 Å². The molecule has 0 aliphatic heterocycles. The fourth-order valence-corrected chi connectivity index (χ4v) is 1.87. The molecule has 0 fully saturated rings. The van der Waals surface area contributed by atoms with Gasteiger partial charge in [-0.1, -0.05) is 35.0 Å². The Labute approximate surface area is 117 Å². The zero-order valence-electron chi connectivity index (χ0n) is 11.2. The van der Waals surface area contributed by atoms with Crippen LogP contribution >= 0.6 is 15.9 Å².